The zero-order valence-corrected chi connectivity index (χ0v) is 6.90. The van der Waals surface area contributed by atoms with Crippen LogP contribution in [0.15, 0.2) is 0 Å². The number of hydrogen-bond donors (Lipinski definition) is 1. The van der Waals surface area contributed by atoms with Crippen molar-refractivity contribution in [3.8, 4) is 0 Å². The van der Waals surface area contributed by atoms with Crippen LogP contribution in [0.2, 0.25) is 0 Å². The third-order valence-corrected chi connectivity index (χ3v) is 1.35. The number of nitrogens with one attached hydrogen (secondary N) is 1. The zero-order chi connectivity index (χ0) is 5.86. The highest BCUT2D eigenvalue weighted by atomic mass is 35.5. The van der Waals surface area contributed by atoms with Gasteiger partial charge < -0.3 is 4.90 Å². The number of nitrogens with zero attached hydrogens (tertiary/aromatic N) is 1. The van der Waals surface area contributed by atoms with Crippen LogP contribution in [0.1, 0.15) is 0 Å². The maximum absolute atomic E-state index is 7.08. The molecule has 0 saturated carbocycles. The zero-order valence-electron chi connectivity index (χ0n) is 5.26. The Labute approximate surface area is 60.6 Å². The Hall–Kier alpha value is 0.110. The Morgan fingerprint density at radius 3 is 1.88 bits per heavy atom. The molecule has 0 radical (unpaired) electrons. The molecule has 0 aromatic carbocycles. The molecule has 0 aliphatic heterocycles. The van der Waals surface area contributed by atoms with Crippen LogP contribution in [0, 0.1) is 5.41 Å². The van der Waals surface area contributed by atoms with Gasteiger partial charge in [-0.05, 0) is 6.26 Å². The van der Waals surface area contributed by atoms with Crippen LogP contribution < -0.4 is 0 Å². The van der Waals surface area contributed by atoms with E-state index in [0.29, 0.717) is 5.17 Å². The Morgan fingerprint density at radius 2 is 1.88 bits per heavy atom. The van der Waals surface area contributed by atoms with Gasteiger partial charge in [-0.2, -0.15) is 0 Å². The van der Waals surface area contributed by atoms with Gasteiger partial charge in [0.1, 0.15) is 0 Å². The molecule has 8 heavy (non-hydrogen) atoms. The summed E-state index contributed by atoms with van der Waals surface area (Å²) in [5.74, 6) is 0. The maximum atomic E-state index is 7.08. The van der Waals surface area contributed by atoms with Gasteiger partial charge in [-0.25, -0.2) is 0 Å². The van der Waals surface area contributed by atoms with E-state index in [1.807, 2.05) is 20.4 Å². The first-order valence-corrected chi connectivity index (χ1v) is 3.21. The van der Waals surface area contributed by atoms with Crippen molar-refractivity contribution in [3.63, 3.8) is 0 Å². The van der Waals surface area contributed by atoms with Crippen LogP contribution in [0.25, 0.3) is 0 Å². The van der Waals surface area contributed by atoms with Crippen molar-refractivity contribution in [2.75, 3.05) is 20.4 Å². The van der Waals surface area contributed by atoms with E-state index in [1.54, 1.807) is 4.90 Å². The van der Waals surface area contributed by atoms with Crippen molar-refractivity contribution in [3.05, 3.63) is 0 Å². The molecule has 0 amide bonds. The van der Waals surface area contributed by atoms with Crippen LogP contribution in [0.5, 0.6) is 0 Å². The summed E-state index contributed by atoms with van der Waals surface area (Å²) >= 11 is 1.44. The highest BCUT2D eigenvalue weighted by Crippen LogP contribution is 1.95. The Bertz CT molecular complexity index is 74.4. The summed E-state index contributed by atoms with van der Waals surface area (Å²) in [6.45, 7) is 0. The van der Waals surface area contributed by atoms with Gasteiger partial charge in [0.2, 0.25) is 0 Å². The fourth-order valence-corrected chi connectivity index (χ4v) is 0.548. The smallest absolute Gasteiger partial charge is 0.155 e. The normalized spacial score (nSPS) is 7.38. The molecule has 0 aliphatic carbocycles. The second-order valence-corrected chi connectivity index (χ2v) is 2.20. The molecule has 50 valence electrons. The molecule has 2 nitrogen and oxygen atoms in total. The summed E-state index contributed by atoms with van der Waals surface area (Å²) < 4.78 is 0. The lowest BCUT2D eigenvalue weighted by Crippen LogP contribution is -2.16. The average molecular weight is 155 g/mol. The molecule has 0 fully saturated rings. The number of amidine groups is 1. The lowest BCUT2D eigenvalue weighted by Gasteiger charge is -2.08. The first kappa shape index (κ1) is 11.0. The van der Waals surface area contributed by atoms with Crippen LogP contribution in [0.3, 0.4) is 0 Å². The molecule has 0 spiro atoms. The Kier molecular flexibility index (Phi) is 7.21. The summed E-state index contributed by atoms with van der Waals surface area (Å²) in [6, 6.07) is 0. The van der Waals surface area contributed by atoms with Crippen molar-refractivity contribution in [1.29, 1.82) is 5.41 Å². The summed E-state index contributed by atoms with van der Waals surface area (Å²) in [6.07, 6.45) is 1.89. The van der Waals surface area contributed by atoms with Gasteiger partial charge in [0.15, 0.2) is 5.17 Å². The standard InChI is InChI=1S/C4H10N2S.ClH/c1-6(2)4(5)7-3;/h5H,1-3H3;1H. The molecule has 0 aromatic rings. The molecule has 0 unspecified atom stereocenters. The van der Waals surface area contributed by atoms with E-state index in [0.717, 1.165) is 0 Å². The third-order valence-electron chi connectivity index (χ3n) is 0.600. The summed E-state index contributed by atoms with van der Waals surface area (Å²) in [7, 11) is 3.72. The first-order valence-electron chi connectivity index (χ1n) is 1.98. The predicted octanol–water partition coefficient (Wildman–Crippen LogP) is 1.27. The van der Waals surface area contributed by atoms with Gasteiger partial charge in [-0.1, -0.05) is 11.8 Å². The van der Waals surface area contributed by atoms with E-state index in [4.69, 9.17) is 5.41 Å². The molecular weight excluding hydrogens is 144 g/mol. The molecule has 1 N–H and O–H groups in total. The predicted molar refractivity (Wildman–Crippen MR) is 42.2 cm³/mol. The van der Waals surface area contributed by atoms with Gasteiger partial charge in [0, 0.05) is 14.1 Å². The van der Waals surface area contributed by atoms with Crippen molar-refractivity contribution in [2.45, 2.75) is 0 Å². The minimum absolute atomic E-state index is 0. The number of rotatable bonds is 0. The molecule has 0 rings (SSSR count). The molecule has 4 heteroatoms. The molecular formula is C4H11ClN2S. The number of thioether (sulfide) groups is 1. The van der Waals surface area contributed by atoms with Crippen molar-refractivity contribution < 1.29 is 0 Å². The van der Waals surface area contributed by atoms with Gasteiger partial charge in [-0.3, -0.25) is 5.41 Å². The second kappa shape index (κ2) is 5.25. The quantitative estimate of drug-likeness (QED) is 0.420. The maximum Gasteiger partial charge on any atom is 0.155 e. The van der Waals surface area contributed by atoms with Gasteiger partial charge in [-0.15, -0.1) is 12.4 Å². The molecule has 0 heterocycles. The largest absolute Gasteiger partial charge is 0.358 e. The molecule has 0 aliphatic rings. The summed E-state index contributed by atoms with van der Waals surface area (Å²) in [4.78, 5) is 1.77. The molecule has 0 bridgehead atoms. The number of halogens is 1. The van der Waals surface area contributed by atoms with Crippen LogP contribution in [-0.4, -0.2) is 30.4 Å². The van der Waals surface area contributed by atoms with Crippen LogP contribution in [0.4, 0.5) is 0 Å². The Balaban J connectivity index is 0. The third kappa shape index (κ3) is 4.27. The van der Waals surface area contributed by atoms with E-state index in [1.165, 1.54) is 11.8 Å². The van der Waals surface area contributed by atoms with E-state index < -0.39 is 0 Å². The lowest BCUT2D eigenvalue weighted by molar-refractivity contribution is 0.632. The lowest BCUT2D eigenvalue weighted by atomic mass is 10.9. The molecule has 0 aromatic heterocycles. The van der Waals surface area contributed by atoms with E-state index in [2.05, 4.69) is 0 Å². The van der Waals surface area contributed by atoms with Gasteiger partial charge in [0.05, 0.1) is 0 Å². The van der Waals surface area contributed by atoms with Crippen LogP contribution >= 0.6 is 24.2 Å². The molecule has 0 atom stereocenters. The van der Waals surface area contributed by atoms with Gasteiger partial charge >= 0.3 is 0 Å². The van der Waals surface area contributed by atoms with Gasteiger partial charge in [0.25, 0.3) is 0 Å². The summed E-state index contributed by atoms with van der Waals surface area (Å²) in [5.41, 5.74) is 0. The fraction of sp³-hybridized carbons (Fsp3) is 0.750. The fourth-order valence-electron chi connectivity index (χ4n) is 0.183. The molecule has 0 saturated heterocycles. The highest BCUT2D eigenvalue weighted by Gasteiger charge is 1.90. The number of hydrogen-bond acceptors (Lipinski definition) is 2. The van der Waals surface area contributed by atoms with Crippen LogP contribution in [-0.2, 0) is 0 Å². The highest BCUT2D eigenvalue weighted by molar-refractivity contribution is 8.13. The van der Waals surface area contributed by atoms with Crippen molar-refractivity contribution in [2.24, 2.45) is 0 Å². The topological polar surface area (TPSA) is 27.1 Å². The average Bonchev–Trinajstić information content (AvgIpc) is 1.65. The summed E-state index contributed by atoms with van der Waals surface area (Å²) in [5, 5.41) is 7.68. The Morgan fingerprint density at radius 1 is 1.50 bits per heavy atom. The minimum Gasteiger partial charge on any atom is -0.358 e. The monoisotopic (exact) mass is 154 g/mol. The first-order chi connectivity index (χ1) is 3.18. The van der Waals surface area contributed by atoms with E-state index >= 15 is 0 Å². The van der Waals surface area contributed by atoms with E-state index in [-0.39, 0.29) is 12.4 Å². The van der Waals surface area contributed by atoms with Crippen molar-refractivity contribution in [1.82, 2.24) is 4.90 Å². The van der Waals surface area contributed by atoms with E-state index in [9.17, 15) is 0 Å². The second-order valence-electron chi connectivity index (χ2n) is 1.40. The van der Waals surface area contributed by atoms with Crippen molar-refractivity contribution >= 4 is 29.3 Å². The minimum atomic E-state index is 0. The SMILES string of the molecule is CSC(=N)N(C)C.Cl.